The van der Waals surface area contributed by atoms with Gasteiger partial charge in [-0.15, -0.1) is 11.8 Å². The average molecular weight is 539 g/mol. The Kier molecular flexibility index (Phi) is 8.90. The summed E-state index contributed by atoms with van der Waals surface area (Å²) in [6.07, 6.45) is 0.171. The summed E-state index contributed by atoms with van der Waals surface area (Å²) in [5, 5.41) is 12.5. The normalized spacial score (nSPS) is 13.3. The summed E-state index contributed by atoms with van der Waals surface area (Å²) in [7, 11) is 0. The smallest absolute Gasteiger partial charge is 0.326 e. The summed E-state index contributed by atoms with van der Waals surface area (Å²) in [6.45, 7) is 3.89. The maximum absolute atomic E-state index is 13.5. The first-order valence-electron chi connectivity index (χ1n) is 12.9. The molecule has 2 atom stereocenters. The van der Waals surface area contributed by atoms with Gasteiger partial charge in [0, 0.05) is 11.2 Å². The van der Waals surface area contributed by atoms with Crippen molar-refractivity contribution >= 4 is 23.6 Å². The minimum Gasteiger partial charge on any atom is -0.480 e. The molecule has 4 N–H and O–H groups in total. The highest BCUT2D eigenvalue weighted by Gasteiger charge is 2.46. The lowest BCUT2D eigenvalue weighted by molar-refractivity contribution is -0.142. The molecule has 0 aliphatic rings. The number of carboxylic acid groups (broad SMARTS) is 1. The number of carboxylic acids is 1. The second-order valence-electron chi connectivity index (χ2n) is 10.1. The van der Waals surface area contributed by atoms with Gasteiger partial charge in [-0.3, -0.25) is 4.79 Å². The molecule has 4 rings (SSSR count). The molecule has 0 fully saturated rings. The van der Waals surface area contributed by atoms with Crippen molar-refractivity contribution in [2.24, 2.45) is 5.73 Å². The summed E-state index contributed by atoms with van der Waals surface area (Å²) in [5.74, 6) is -1.60. The number of rotatable bonds is 11. The summed E-state index contributed by atoms with van der Waals surface area (Å²) in [4.78, 5) is 25.5. The van der Waals surface area contributed by atoms with Crippen molar-refractivity contribution in [1.29, 1.82) is 0 Å². The molecule has 39 heavy (non-hydrogen) atoms. The molecule has 0 unspecified atom stereocenters. The van der Waals surface area contributed by atoms with Gasteiger partial charge in [0.1, 0.15) is 6.04 Å². The molecule has 6 heteroatoms. The first-order valence-corrected chi connectivity index (χ1v) is 13.7. The van der Waals surface area contributed by atoms with Crippen molar-refractivity contribution in [3.05, 3.63) is 144 Å². The number of hydrogen-bond acceptors (Lipinski definition) is 4. The summed E-state index contributed by atoms with van der Waals surface area (Å²) < 4.78 is -1.48. The van der Waals surface area contributed by atoms with Gasteiger partial charge in [-0.1, -0.05) is 121 Å². The van der Waals surface area contributed by atoms with E-state index in [9.17, 15) is 14.7 Å². The van der Waals surface area contributed by atoms with Crippen LogP contribution in [0.15, 0.2) is 121 Å². The zero-order chi connectivity index (χ0) is 27.9. The molecule has 1 amide bonds. The molecule has 0 aliphatic heterocycles. The quantitative estimate of drug-likeness (QED) is 0.215. The van der Waals surface area contributed by atoms with E-state index in [2.05, 4.69) is 41.7 Å². The van der Waals surface area contributed by atoms with Crippen LogP contribution < -0.4 is 11.1 Å². The maximum atomic E-state index is 13.5. The number of carbonyl (C=O) groups excluding carboxylic acids is 1. The number of amides is 1. The standard InChI is InChI=1S/C33H34N2O3S/c1-32(2,29(34)30(36)35-28(31(37)38)23-24-15-7-3-8-16-24)39-33(25-17-9-4-10-18-25,26-19-11-5-12-20-26)27-21-13-6-14-22-27/h3-22,28-29H,23,34H2,1-2H3,(H,35,36)(H,37,38)/t28-,29+/m0/s1. The second-order valence-corrected chi connectivity index (χ2v) is 11.9. The van der Waals surface area contributed by atoms with Crippen molar-refractivity contribution in [1.82, 2.24) is 5.32 Å². The Balaban J connectivity index is 1.70. The van der Waals surface area contributed by atoms with Crippen LogP contribution in [0.5, 0.6) is 0 Å². The number of nitrogens with two attached hydrogens (primary N) is 1. The average Bonchev–Trinajstić information content (AvgIpc) is 2.97. The zero-order valence-electron chi connectivity index (χ0n) is 22.2. The number of aliphatic carboxylic acids is 1. The van der Waals surface area contributed by atoms with Crippen LogP contribution in [0.2, 0.25) is 0 Å². The van der Waals surface area contributed by atoms with Crippen LogP contribution in [0, 0.1) is 0 Å². The van der Waals surface area contributed by atoms with Crippen LogP contribution in [-0.2, 0) is 20.8 Å². The Morgan fingerprint density at radius 3 is 1.51 bits per heavy atom. The van der Waals surface area contributed by atoms with Gasteiger partial charge in [0.25, 0.3) is 0 Å². The fourth-order valence-electron chi connectivity index (χ4n) is 4.78. The van der Waals surface area contributed by atoms with Crippen molar-refractivity contribution in [3.63, 3.8) is 0 Å². The molecule has 0 radical (unpaired) electrons. The number of carbonyl (C=O) groups is 2. The van der Waals surface area contributed by atoms with Gasteiger partial charge in [-0.05, 0) is 36.1 Å². The van der Waals surface area contributed by atoms with Gasteiger partial charge < -0.3 is 16.2 Å². The van der Waals surface area contributed by atoms with Crippen molar-refractivity contribution in [3.8, 4) is 0 Å². The van der Waals surface area contributed by atoms with Crippen LogP contribution >= 0.6 is 11.8 Å². The van der Waals surface area contributed by atoms with E-state index in [1.54, 1.807) is 11.8 Å². The molecule has 0 saturated heterocycles. The first-order chi connectivity index (χ1) is 18.7. The van der Waals surface area contributed by atoms with Gasteiger partial charge in [-0.25, -0.2) is 4.79 Å². The Labute approximate surface area is 234 Å². The van der Waals surface area contributed by atoms with Gasteiger partial charge in [0.15, 0.2) is 0 Å². The highest BCUT2D eigenvalue weighted by Crippen LogP contribution is 2.53. The van der Waals surface area contributed by atoms with E-state index in [1.165, 1.54) is 0 Å². The van der Waals surface area contributed by atoms with Crippen molar-refractivity contribution < 1.29 is 14.7 Å². The highest BCUT2D eigenvalue weighted by atomic mass is 32.2. The molecule has 0 heterocycles. The summed E-state index contributed by atoms with van der Waals surface area (Å²) >= 11 is 1.60. The predicted molar refractivity (Wildman–Crippen MR) is 159 cm³/mol. The fraction of sp³-hybridized carbons (Fsp3) is 0.212. The van der Waals surface area contributed by atoms with Gasteiger partial charge >= 0.3 is 5.97 Å². The maximum Gasteiger partial charge on any atom is 0.326 e. The first kappa shape index (κ1) is 28.1. The Morgan fingerprint density at radius 1 is 0.744 bits per heavy atom. The highest BCUT2D eigenvalue weighted by molar-refractivity contribution is 8.02. The van der Waals surface area contributed by atoms with Gasteiger partial charge in [0.05, 0.1) is 10.8 Å². The third-order valence-corrected chi connectivity index (χ3v) is 8.68. The fourth-order valence-corrected chi connectivity index (χ4v) is 6.57. The molecule has 4 aromatic rings. The lowest BCUT2D eigenvalue weighted by Gasteiger charge is -2.43. The predicted octanol–water partition coefficient (Wildman–Crippen LogP) is 5.63. The van der Waals surface area contributed by atoms with E-state index in [4.69, 9.17) is 5.73 Å². The summed E-state index contributed by atoms with van der Waals surface area (Å²) in [6, 6.07) is 37.7. The Bertz CT molecular complexity index is 1270. The number of thioether (sulfide) groups is 1. The molecule has 0 aromatic heterocycles. The molecule has 5 nitrogen and oxygen atoms in total. The van der Waals surface area contributed by atoms with Crippen LogP contribution in [-0.4, -0.2) is 33.8 Å². The minimum absolute atomic E-state index is 0.171. The van der Waals surface area contributed by atoms with E-state index < -0.39 is 33.5 Å². The van der Waals surface area contributed by atoms with E-state index in [0.717, 1.165) is 22.3 Å². The van der Waals surface area contributed by atoms with E-state index in [0.29, 0.717) is 0 Å². The van der Waals surface area contributed by atoms with Crippen LogP contribution in [0.4, 0.5) is 0 Å². The largest absolute Gasteiger partial charge is 0.480 e. The molecule has 0 spiro atoms. The van der Waals surface area contributed by atoms with Crippen molar-refractivity contribution in [2.75, 3.05) is 0 Å². The molecule has 0 bridgehead atoms. The van der Waals surface area contributed by atoms with E-state index in [1.807, 2.05) is 98.8 Å². The van der Waals surface area contributed by atoms with Gasteiger partial charge in [-0.2, -0.15) is 0 Å². The second kappa shape index (κ2) is 12.3. The lowest BCUT2D eigenvalue weighted by atomic mass is 9.84. The summed E-state index contributed by atoms with van der Waals surface area (Å²) in [5.41, 5.74) is 10.6. The monoisotopic (exact) mass is 538 g/mol. The van der Waals surface area contributed by atoms with Crippen LogP contribution in [0.3, 0.4) is 0 Å². The SMILES string of the molecule is CC(C)(SC(c1ccccc1)(c1ccccc1)c1ccccc1)[C@H](N)C(=O)N[C@@H](Cc1ccccc1)C(=O)O. The van der Waals surface area contributed by atoms with Gasteiger partial charge in [0.2, 0.25) is 5.91 Å². The molecular formula is C33H34N2O3S. The topological polar surface area (TPSA) is 92.4 Å². The minimum atomic E-state index is -1.10. The number of hydrogen-bond donors (Lipinski definition) is 3. The van der Waals surface area contributed by atoms with Crippen molar-refractivity contribution in [2.45, 2.75) is 41.8 Å². The number of nitrogens with one attached hydrogen (secondary N) is 1. The Morgan fingerprint density at radius 2 is 1.13 bits per heavy atom. The van der Waals surface area contributed by atoms with E-state index >= 15 is 0 Å². The number of benzene rings is 4. The molecule has 0 saturated carbocycles. The van der Waals surface area contributed by atoms with Crippen LogP contribution in [0.1, 0.15) is 36.1 Å². The molecular weight excluding hydrogens is 504 g/mol. The Hall–Kier alpha value is -3.87. The van der Waals surface area contributed by atoms with E-state index in [-0.39, 0.29) is 6.42 Å². The molecule has 200 valence electrons. The third-order valence-electron chi connectivity index (χ3n) is 6.89. The lowest BCUT2D eigenvalue weighted by Crippen LogP contribution is -2.57. The zero-order valence-corrected chi connectivity index (χ0v) is 23.0. The molecule has 4 aromatic carbocycles. The molecule has 0 aliphatic carbocycles. The third kappa shape index (κ3) is 6.41. The van der Waals surface area contributed by atoms with Crippen LogP contribution in [0.25, 0.3) is 0 Å².